The highest BCUT2D eigenvalue weighted by atomic mass is 16.2. The van der Waals surface area contributed by atoms with Gasteiger partial charge < -0.3 is 20.9 Å². The second-order valence-corrected chi connectivity index (χ2v) is 7.70. The molecule has 1 saturated carbocycles. The number of guanidine groups is 1. The van der Waals surface area contributed by atoms with E-state index in [0.29, 0.717) is 19.0 Å². The summed E-state index contributed by atoms with van der Waals surface area (Å²) >= 11 is 0. The maximum Gasteiger partial charge on any atom is 0.230 e. The molecule has 0 atom stereocenters. The minimum Gasteiger partial charge on any atom is -0.359 e. The predicted octanol–water partition coefficient (Wildman–Crippen LogP) is 0.962. The van der Waals surface area contributed by atoms with E-state index in [-0.39, 0.29) is 17.2 Å². The summed E-state index contributed by atoms with van der Waals surface area (Å²) in [5, 5.41) is 9.20. The molecule has 0 aromatic heterocycles. The lowest BCUT2D eigenvalue weighted by Gasteiger charge is -2.31. The molecule has 7 heteroatoms. The number of hydrogen-bond acceptors (Lipinski definition) is 3. The van der Waals surface area contributed by atoms with Gasteiger partial charge >= 0.3 is 0 Å². The number of nitrogens with zero attached hydrogens (tertiary/aromatic N) is 2. The standard InChI is InChI=1S/C18H35N5O2/c1-7-20-16(21-12-17(2,3)14(24)19-4)22-13-18(10-8-9-11-18)15(25)23(5)6/h7-13H2,1-6H3,(H,19,24)(H2,20,21,22). The number of nitrogens with one attached hydrogen (secondary N) is 3. The molecule has 0 heterocycles. The highest BCUT2D eigenvalue weighted by Crippen LogP contribution is 2.38. The second kappa shape index (κ2) is 9.06. The highest BCUT2D eigenvalue weighted by molar-refractivity contribution is 5.85. The Morgan fingerprint density at radius 2 is 1.76 bits per heavy atom. The van der Waals surface area contributed by atoms with Gasteiger partial charge in [-0.3, -0.25) is 14.6 Å². The van der Waals surface area contributed by atoms with Crippen LogP contribution in [0, 0.1) is 10.8 Å². The topological polar surface area (TPSA) is 85.8 Å². The van der Waals surface area contributed by atoms with Gasteiger partial charge in [-0.25, -0.2) is 0 Å². The Morgan fingerprint density at radius 1 is 1.16 bits per heavy atom. The van der Waals surface area contributed by atoms with Crippen molar-refractivity contribution in [1.82, 2.24) is 20.9 Å². The summed E-state index contributed by atoms with van der Waals surface area (Å²) < 4.78 is 0. The molecule has 3 N–H and O–H groups in total. The van der Waals surface area contributed by atoms with Crippen LogP contribution in [0.3, 0.4) is 0 Å². The van der Waals surface area contributed by atoms with E-state index >= 15 is 0 Å². The molecule has 0 aliphatic heterocycles. The third-order valence-electron chi connectivity index (χ3n) is 4.83. The average Bonchev–Trinajstić information content (AvgIpc) is 3.05. The largest absolute Gasteiger partial charge is 0.359 e. The minimum atomic E-state index is -0.582. The van der Waals surface area contributed by atoms with E-state index in [2.05, 4.69) is 20.9 Å². The molecule has 144 valence electrons. The van der Waals surface area contributed by atoms with Crippen molar-refractivity contribution in [2.45, 2.75) is 46.5 Å². The molecular formula is C18H35N5O2. The van der Waals surface area contributed by atoms with Gasteiger partial charge in [0.2, 0.25) is 11.8 Å². The summed E-state index contributed by atoms with van der Waals surface area (Å²) in [6.07, 6.45) is 3.97. The quantitative estimate of drug-likeness (QED) is 0.470. The first kappa shape index (κ1) is 21.3. The van der Waals surface area contributed by atoms with Crippen LogP contribution in [0.25, 0.3) is 0 Å². The Labute approximate surface area is 152 Å². The van der Waals surface area contributed by atoms with E-state index in [1.807, 2.05) is 34.9 Å². The van der Waals surface area contributed by atoms with Crippen molar-refractivity contribution in [2.24, 2.45) is 15.8 Å². The van der Waals surface area contributed by atoms with E-state index in [9.17, 15) is 9.59 Å². The Kier molecular flexibility index (Phi) is 7.70. The number of hydrogen-bond donors (Lipinski definition) is 3. The lowest BCUT2D eigenvalue weighted by atomic mass is 9.84. The van der Waals surface area contributed by atoms with Gasteiger partial charge in [-0.15, -0.1) is 0 Å². The van der Waals surface area contributed by atoms with Crippen molar-refractivity contribution in [3.8, 4) is 0 Å². The molecule has 1 fully saturated rings. The molecule has 0 unspecified atom stereocenters. The molecule has 0 saturated heterocycles. The van der Waals surface area contributed by atoms with E-state index < -0.39 is 5.41 Å². The second-order valence-electron chi connectivity index (χ2n) is 7.70. The summed E-state index contributed by atoms with van der Waals surface area (Å²) in [4.78, 5) is 30.8. The van der Waals surface area contributed by atoms with Crippen molar-refractivity contribution < 1.29 is 9.59 Å². The van der Waals surface area contributed by atoms with Gasteiger partial charge in [0, 0.05) is 34.2 Å². The molecular weight excluding hydrogens is 318 g/mol. The van der Waals surface area contributed by atoms with Crippen molar-refractivity contribution in [3.05, 3.63) is 0 Å². The fraction of sp³-hybridized carbons (Fsp3) is 0.833. The Hall–Kier alpha value is -1.79. The van der Waals surface area contributed by atoms with Crippen molar-refractivity contribution in [3.63, 3.8) is 0 Å². The van der Waals surface area contributed by atoms with Crippen LogP contribution in [-0.2, 0) is 9.59 Å². The number of carbonyl (C=O) groups is 2. The van der Waals surface area contributed by atoms with Gasteiger partial charge in [-0.2, -0.15) is 0 Å². The van der Waals surface area contributed by atoms with Crippen molar-refractivity contribution >= 4 is 17.8 Å². The van der Waals surface area contributed by atoms with Crippen LogP contribution in [0.15, 0.2) is 4.99 Å². The minimum absolute atomic E-state index is 0.0397. The zero-order valence-electron chi connectivity index (χ0n) is 16.7. The Balaban J connectivity index is 2.81. The van der Waals surface area contributed by atoms with Crippen molar-refractivity contribution in [2.75, 3.05) is 40.8 Å². The normalized spacial score (nSPS) is 17.1. The Bertz CT molecular complexity index is 494. The van der Waals surface area contributed by atoms with Gasteiger partial charge in [-0.05, 0) is 33.6 Å². The molecule has 25 heavy (non-hydrogen) atoms. The zero-order chi connectivity index (χ0) is 19.1. The molecule has 7 nitrogen and oxygen atoms in total. The van der Waals surface area contributed by atoms with Gasteiger partial charge in [0.25, 0.3) is 0 Å². The number of aliphatic imine (C=N–C) groups is 1. The maximum absolute atomic E-state index is 12.7. The van der Waals surface area contributed by atoms with Crippen LogP contribution >= 0.6 is 0 Å². The molecule has 0 aromatic carbocycles. The maximum atomic E-state index is 12.7. The molecule has 1 rings (SSSR count). The molecule has 0 bridgehead atoms. The zero-order valence-corrected chi connectivity index (χ0v) is 16.7. The van der Waals surface area contributed by atoms with Crippen LogP contribution in [0.4, 0.5) is 0 Å². The van der Waals surface area contributed by atoms with Crippen LogP contribution < -0.4 is 16.0 Å². The number of rotatable bonds is 7. The molecule has 1 aliphatic rings. The first-order valence-electron chi connectivity index (χ1n) is 9.14. The summed E-state index contributed by atoms with van der Waals surface area (Å²) in [6.45, 7) is 7.39. The average molecular weight is 354 g/mol. The van der Waals surface area contributed by atoms with E-state index in [0.717, 1.165) is 32.2 Å². The lowest BCUT2D eigenvalue weighted by Crippen LogP contribution is -2.49. The van der Waals surface area contributed by atoms with Gasteiger partial charge in [-0.1, -0.05) is 12.8 Å². The van der Waals surface area contributed by atoms with Crippen LogP contribution in [0.5, 0.6) is 0 Å². The predicted molar refractivity (Wildman–Crippen MR) is 101 cm³/mol. The van der Waals surface area contributed by atoms with E-state index in [1.165, 1.54) is 0 Å². The van der Waals surface area contributed by atoms with E-state index in [1.54, 1.807) is 11.9 Å². The Morgan fingerprint density at radius 3 is 2.24 bits per heavy atom. The first-order chi connectivity index (χ1) is 11.7. The third kappa shape index (κ3) is 5.61. The van der Waals surface area contributed by atoms with Gasteiger partial charge in [0.1, 0.15) is 0 Å². The molecule has 0 radical (unpaired) electrons. The highest BCUT2D eigenvalue weighted by Gasteiger charge is 2.42. The fourth-order valence-corrected chi connectivity index (χ4v) is 3.27. The molecule has 0 aromatic rings. The van der Waals surface area contributed by atoms with Crippen LogP contribution in [-0.4, -0.2) is 63.5 Å². The number of amides is 2. The molecule has 0 spiro atoms. The number of carbonyl (C=O) groups excluding carboxylic acids is 2. The summed E-state index contributed by atoms with van der Waals surface area (Å²) in [7, 11) is 5.26. The summed E-state index contributed by atoms with van der Waals surface area (Å²) in [5.74, 6) is 0.790. The van der Waals surface area contributed by atoms with Crippen LogP contribution in [0.2, 0.25) is 0 Å². The summed E-state index contributed by atoms with van der Waals surface area (Å²) in [5.41, 5.74) is -0.933. The molecule has 1 aliphatic carbocycles. The van der Waals surface area contributed by atoms with Crippen LogP contribution in [0.1, 0.15) is 46.5 Å². The van der Waals surface area contributed by atoms with E-state index in [4.69, 9.17) is 0 Å². The lowest BCUT2D eigenvalue weighted by molar-refractivity contribution is -0.138. The monoisotopic (exact) mass is 353 g/mol. The third-order valence-corrected chi connectivity index (χ3v) is 4.83. The van der Waals surface area contributed by atoms with Crippen molar-refractivity contribution in [1.29, 1.82) is 0 Å². The fourth-order valence-electron chi connectivity index (χ4n) is 3.27. The van der Waals surface area contributed by atoms with Gasteiger partial charge in [0.05, 0.1) is 17.4 Å². The first-order valence-corrected chi connectivity index (χ1v) is 9.14. The SMILES string of the molecule is CCNC(=NCC(C)(C)C(=O)NC)NCC1(C(=O)N(C)C)CCCC1. The molecule has 2 amide bonds. The smallest absolute Gasteiger partial charge is 0.230 e. The van der Waals surface area contributed by atoms with Gasteiger partial charge in [0.15, 0.2) is 5.96 Å². The summed E-state index contributed by atoms with van der Waals surface area (Å²) in [6, 6.07) is 0.